The molecule has 0 aliphatic rings. The van der Waals surface area contributed by atoms with Crippen LogP contribution in [0.25, 0.3) is 0 Å². The highest BCUT2D eigenvalue weighted by Gasteiger charge is 2.34. The van der Waals surface area contributed by atoms with Crippen molar-refractivity contribution in [3.05, 3.63) is 0 Å². The molecular weight excluding hydrogens is 264 g/mol. The van der Waals surface area contributed by atoms with E-state index in [1.54, 1.807) is 0 Å². The van der Waals surface area contributed by atoms with Gasteiger partial charge in [0.25, 0.3) is 0 Å². The number of rotatable bonds is 12. The van der Waals surface area contributed by atoms with Crippen molar-refractivity contribution < 1.29 is 9.53 Å². The van der Waals surface area contributed by atoms with Crippen molar-refractivity contribution in [2.75, 3.05) is 26.2 Å². The van der Waals surface area contributed by atoms with E-state index < -0.39 is 5.54 Å². The summed E-state index contributed by atoms with van der Waals surface area (Å²) in [7, 11) is 0. The predicted octanol–water partition coefficient (Wildman–Crippen LogP) is 3.21. The zero-order valence-corrected chi connectivity index (χ0v) is 15.0. The second kappa shape index (κ2) is 11.0. The van der Waals surface area contributed by atoms with Crippen molar-refractivity contribution in [3.8, 4) is 0 Å². The van der Waals surface area contributed by atoms with Gasteiger partial charge in [0.2, 0.25) is 0 Å². The monoisotopic (exact) mass is 300 g/mol. The van der Waals surface area contributed by atoms with Crippen molar-refractivity contribution >= 4 is 5.97 Å². The zero-order chi connectivity index (χ0) is 16.3. The molecule has 0 heterocycles. The van der Waals surface area contributed by atoms with Crippen LogP contribution in [0.2, 0.25) is 0 Å². The molecule has 0 saturated heterocycles. The summed E-state index contributed by atoms with van der Waals surface area (Å²) in [6.45, 7) is 15.8. The summed E-state index contributed by atoms with van der Waals surface area (Å²) in [6.07, 6.45) is 4.34. The molecule has 1 N–H and O–H groups in total. The van der Waals surface area contributed by atoms with E-state index in [0.717, 1.165) is 32.5 Å². The third-order valence-electron chi connectivity index (χ3n) is 4.20. The number of carbonyl (C=O) groups is 1. The fourth-order valence-electron chi connectivity index (χ4n) is 2.48. The summed E-state index contributed by atoms with van der Waals surface area (Å²) in [5, 5.41) is 3.31. The van der Waals surface area contributed by atoms with Crippen molar-refractivity contribution in [2.45, 2.75) is 78.8 Å². The summed E-state index contributed by atoms with van der Waals surface area (Å²) in [5.74, 6) is -0.133. The normalized spacial score (nSPS) is 15.8. The molecule has 4 heteroatoms. The number of unbranched alkanes of at least 4 members (excludes halogenated alkanes) is 1. The highest BCUT2D eigenvalue weighted by molar-refractivity contribution is 5.80. The zero-order valence-electron chi connectivity index (χ0n) is 15.0. The van der Waals surface area contributed by atoms with E-state index in [1.165, 1.54) is 12.8 Å². The fraction of sp³-hybridized carbons (Fsp3) is 0.941. The van der Waals surface area contributed by atoms with E-state index in [2.05, 4.69) is 31.0 Å². The molecule has 0 aromatic carbocycles. The van der Waals surface area contributed by atoms with Crippen LogP contribution in [0.5, 0.6) is 0 Å². The van der Waals surface area contributed by atoms with Gasteiger partial charge < -0.3 is 15.0 Å². The molecule has 21 heavy (non-hydrogen) atoms. The fourth-order valence-corrected chi connectivity index (χ4v) is 2.48. The summed E-state index contributed by atoms with van der Waals surface area (Å²) >= 11 is 0. The number of carbonyl (C=O) groups excluding carboxylic acids is 1. The SMILES string of the molecule is CCCCN(CCC(C)(NCC)C(=O)OCC)C(C)CC. The van der Waals surface area contributed by atoms with Gasteiger partial charge in [0.1, 0.15) is 5.54 Å². The molecule has 4 nitrogen and oxygen atoms in total. The molecule has 0 aliphatic carbocycles. The lowest BCUT2D eigenvalue weighted by molar-refractivity contribution is -0.151. The third-order valence-corrected chi connectivity index (χ3v) is 4.20. The predicted molar refractivity (Wildman–Crippen MR) is 89.6 cm³/mol. The molecular formula is C17H36N2O2. The lowest BCUT2D eigenvalue weighted by atomic mass is 9.96. The van der Waals surface area contributed by atoms with Crippen LogP contribution in [-0.2, 0) is 9.53 Å². The quantitative estimate of drug-likeness (QED) is 0.562. The maximum atomic E-state index is 12.2. The molecule has 0 spiro atoms. The summed E-state index contributed by atoms with van der Waals surface area (Å²) in [6, 6.07) is 0.560. The van der Waals surface area contributed by atoms with Gasteiger partial charge in [-0.25, -0.2) is 0 Å². The number of nitrogens with one attached hydrogen (secondary N) is 1. The first-order valence-electron chi connectivity index (χ1n) is 8.61. The Kier molecular flexibility index (Phi) is 10.7. The second-order valence-electron chi connectivity index (χ2n) is 5.98. The maximum absolute atomic E-state index is 12.2. The minimum Gasteiger partial charge on any atom is -0.465 e. The Morgan fingerprint density at radius 3 is 2.38 bits per heavy atom. The number of likely N-dealkylation sites (N-methyl/N-ethyl adjacent to an activating group) is 1. The van der Waals surface area contributed by atoms with Crippen LogP contribution < -0.4 is 5.32 Å². The summed E-state index contributed by atoms with van der Waals surface area (Å²) in [5.41, 5.74) is -0.581. The number of hydrogen-bond acceptors (Lipinski definition) is 4. The average molecular weight is 300 g/mol. The number of esters is 1. The van der Waals surface area contributed by atoms with Gasteiger partial charge in [-0.1, -0.05) is 27.2 Å². The molecule has 0 rings (SSSR count). The van der Waals surface area contributed by atoms with Gasteiger partial charge in [-0.15, -0.1) is 0 Å². The van der Waals surface area contributed by atoms with Crippen molar-refractivity contribution in [3.63, 3.8) is 0 Å². The van der Waals surface area contributed by atoms with Crippen LogP contribution in [-0.4, -0.2) is 48.7 Å². The molecule has 0 aliphatic heterocycles. The molecule has 0 fully saturated rings. The highest BCUT2D eigenvalue weighted by Crippen LogP contribution is 2.16. The van der Waals surface area contributed by atoms with Crippen LogP contribution in [0.1, 0.15) is 67.2 Å². The molecule has 0 aromatic rings. The molecule has 126 valence electrons. The van der Waals surface area contributed by atoms with Crippen molar-refractivity contribution in [2.24, 2.45) is 0 Å². The van der Waals surface area contributed by atoms with Crippen LogP contribution in [0.15, 0.2) is 0 Å². The van der Waals surface area contributed by atoms with E-state index in [-0.39, 0.29) is 5.97 Å². The van der Waals surface area contributed by atoms with E-state index in [0.29, 0.717) is 12.6 Å². The molecule has 0 aromatic heterocycles. The molecule has 0 bridgehead atoms. The Labute approximate surface area is 131 Å². The van der Waals surface area contributed by atoms with Gasteiger partial charge in [-0.2, -0.15) is 0 Å². The van der Waals surface area contributed by atoms with Crippen LogP contribution in [0, 0.1) is 0 Å². The first-order valence-corrected chi connectivity index (χ1v) is 8.61. The van der Waals surface area contributed by atoms with Gasteiger partial charge in [0, 0.05) is 12.6 Å². The molecule has 0 radical (unpaired) electrons. The third kappa shape index (κ3) is 7.28. The van der Waals surface area contributed by atoms with Crippen molar-refractivity contribution in [1.29, 1.82) is 0 Å². The van der Waals surface area contributed by atoms with Gasteiger partial charge in [0.05, 0.1) is 6.61 Å². The standard InChI is InChI=1S/C17H36N2O2/c1-7-11-13-19(15(5)8-2)14-12-17(6,18-9-3)16(20)21-10-4/h15,18H,7-14H2,1-6H3. The number of hydrogen-bond donors (Lipinski definition) is 1. The summed E-state index contributed by atoms with van der Waals surface area (Å²) in [4.78, 5) is 14.7. The lowest BCUT2D eigenvalue weighted by Gasteiger charge is -2.34. The molecule has 2 unspecified atom stereocenters. The minimum atomic E-state index is -0.581. The number of nitrogens with zero attached hydrogens (tertiary/aromatic N) is 1. The Bertz CT molecular complexity index is 284. The van der Waals surface area contributed by atoms with Gasteiger partial charge >= 0.3 is 5.97 Å². The number of ether oxygens (including phenoxy) is 1. The average Bonchev–Trinajstić information content (AvgIpc) is 2.47. The lowest BCUT2D eigenvalue weighted by Crippen LogP contribution is -2.52. The maximum Gasteiger partial charge on any atom is 0.326 e. The van der Waals surface area contributed by atoms with E-state index in [9.17, 15) is 4.79 Å². The first kappa shape index (κ1) is 20.4. The summed E-state index contributed by atoms with van der Waals surface area (Å²) < 4.78 is 5.24. The largest absolute Gasteiger partial charge is 0.465 e. The van der Waals surface area contributed by atoms with Gasteiger partial charge in [-0.3, -0.25) is 4.79 Å². The van der Waals surface area contributed by atoms with E-state index in [1.807, 2.05) is 20.8 Å². The van der Waals surface area contributed by atoms with E-state index in [4.69, 9.17) is 4.74 Å². The Balaban J connectivity index is 4.70. The molecule has 0 amide bonds. The van der Waals surface area contributed by atoms with Crippen LogP contribution in [0.4, 0.5) is 0 Å². The smallest absolute Gasteiger partial charge is 0.326 e. The Morgan fingerprint density at radius 2 is 1.90 bits per heavy atom. The van der Waals surface area contributed by atoms with Crippen LogP contribution >= 0.6 is 0 Å². The molecule has 0 saturated carbocycles. The van der Waals surface area contributed by atoms with Crippen LogP contribution in [0.3, 0.4) is 0 Å². The van der Waals surface area contributed by atoms with Crippen molar-refractivity contribution in [1.82, 2.24) is 10.2 Å². The Hall–Kier alpha value is -0.610. The minimum absolute atomic E-state index is 0.133. The molecule has 2 atom stereocenters. The first-order chi connectivity index (χ1) is 9.95. The highest BCUT2D eigenvalue weighted by atomic mass is 16.5. The van der Waals surface area contributed by atoms with E-state index >= 15 is 0 Å². The van der Waals surface area contributed by atoms with Gasteiger partial charge in [-0.05, 0) is 53.1 Å². The second-order valence-corrected chi connectivity index (χ2v) is 5.98. The van der Waals surface area contributed by atoms with Gasteiger partial charge in [0.15, 0.2) is 0 Å². The Morgan fingerprint density at radius 1 is 1.24 bits per heavy atom. The topological polar surface area (TPSA) is 41.6 Å².